The van der Waals surface area contributed by atoms with Crippen LogP contribution >= 0.6 is 11.3 Å². The highest BCUT2D eigenvalue weighted by Gasteiger charge is 2.11. The van der Waals surface area contributed by atoms with Gasteiger partial charge in [-0.2, -0.15) is 5.10 Å². The smallest absolute Gasteiger partial charge is 0.194 e. The Morgan fingerprint density at radius 1 is 1.29 bits per heavy atom. The number of nitrogens with zero attached hydrogens (tertiary/aromatic N) is 4. The van der Waals surface area contributed by atoms with Crippen LogP contribution in [0.5, 0.6) is 0 Å². The Hall–Kier alpha value is -1.62. The number of thiazole rings is 1. The van der Waals surface area contributed by atoms with Gasteiger partial charge in [-0.25, -0.2) is 4.98 Å². The standard InChI is InChI=1S/C12H14N4S/c1-4-15-6-10(5-13-15)11-7-16-8(2)9(3)17-12(16)14-11/h5-7H,4H2,1-3H3. The van der Waals surface area contributed by atoms with Gasteiger partial charge in [-0.15, -0.1) is 11.3 Å². The monoisotopic (exact) mass is 246 g/mol. The molecule has 0 spiro atoms. The maximum atomic E-state index is 4.64. The lowest BCUT2D eigenvalue weighted by atomic mass is 10.3. The van der Waals surface area contributed by atoms with Crippen molar-refractivity contribution in [2.75, 3.05) is 0 Å². The molecule has 0 atom stereocenters. The molecule has 0 unspecified atom stereocenters. The molecule has 0 amide bonds. The van der Waals surface area contributed by atoms with Crippen LogP contribution in [0, 0.1) is 13.8 Å². The molecule has 0 saturated heterocycles. The van der Waals surface area contributed by atoms with Gasteiger partial charge in [-0.3, -0.25) is 9.08 Å². The lowest BCUT2D eigenvalue weighted by Gasteiger charge is -1.91. The van der Waals surface area contributed by atoms with Gasteiger partial charge in [0, 0.05) is 35.1 Å². The fourth-order valence-corrected chi connectivity index (χ4v) is 2.82. The minimum Gasteiger partial charge on any atom is -0.294 e. The van der Waals surface area contributed by atoms with E-state index in [2.05, 4.69) is 41.5 Å². The van der Waals surface area contributed by atoms with Gasteiger partial charge in [-0.05, 0) is 20.8 Å². The number of aryl methyl sites for hydroxylation is 3. The maximum Gasteiger partial charge on any atom is 0.194 e. The predicted molar refractivity (Wildman–Crippen MR) is 69.4 cm³/mol. The quantitative estimate of drug-likeness (QED) is 0.697. The topological polar surface area (TPSA) is 35.1 Å². The van der Waals surface area contributed by atoms with Crippen LogP contribution in [0.15, 0.2) is 18.6 Å². The molecule has 0 bridgehead atoms. The minimum absolute atomic E-state index is 0.889. The Morgan fingerprint density at radius 3 is 2.76 bits per heavy atom. The summed E-state index contributed by atoms with van der Waals surface area (Å²) in [4.78, 5) is 7.02. The van der Waals surface area contributed by atoms with Crippen molar-refractivity contribution in [2.24, 2.45) is 0 Å². The first-order chi connectivity index (χ1) is 8.19. The van der Waals surface area contributed by atoms with Crippen LogP contribution in [-0.4, -0.2) is 19.2 Å². The molecule has 0 aromatic carbocycles. The van der Waals surface area contributed by atoms with E-state index in [-0.39, 0.29) is 0 Å². The molecular formula is C12H14N4S. The molecule has 0 N–H and O–H groups in total. The second-order valence-corrected chi connectivity index (χ2v) is 5.29. The summed E-state index contributed by atoms with van der Waals surface area (Å²) in [6.07, 6.45) is 6.00. The number of fused-ring (bicyclic) bond motifs is 1. The lowest BCUT2D eigenvalue weighted by molar-refractivity contribution is 0.660. The Balaban J connectivity index is 2.11. The molecule has 0 aliphatic heterocycles. The second-order valence-electron chi connectivity index (χ2n) is 4.11. The summed E-state index contributed by atoms with van der Waals surface area (Å²) >= 11 is 1.73. The Labute approximate surface area is 104 Å². The highest BCUT2D eigenvalue weighted by atomic mass is 32.1. The summed E-state index contributed by atoms with van der Waals surface area (Å²) in [7, 11) is 0. The first kappa shape index (κ1) is 10.5. The number of hydrogen-bond donors (Lipinski definition) is 0. The molecule has 17 heavy (non-hydrogen) atoms. The van der Waals surface area contributed by atoms with Gasteiger partial charge in [0.25, 0.3) is 0 Å². The third kappa shape index (κ3) is 1.58. The SMILES string of the molecule is CCn1cc(-c2cn3c(C)c(C)sc3n2)cn1. The van der Waals surface area contributed by atoms with Gasteiger partial charge in [0.2, 0.25) is 0 Å². The molecule has 3 rings (SSSR count). The predicted octanol–water partition coefficient (Wildman–Crippen LogP) is 2.90. The summed E-state index contributed by atoms with van der Waals surface area (Å²) in [6.45, 7) is 7.22. The number of imidazole rings is 1. The van der Waals surface area contributed by atoms with Gasteiger partial charge in [0.05, 0.1) is 11.9 Å². The molecule has 5 heteroatoms. The van der Waals surface area contributed by atoms with Crippen molar-refractivity contribution in [3.05, 3.63) is 29.2 Å². The van der Waals surface area contributed by atoms with Crippen LogP contribution in [-0.2, 0) is 6.54 Å². The second kappa shape index (κ2) is 3.70. The fraction of sp³-hybridized carbons (Fsp3) is 0.333. The molecule has 3 aromatic heterocycles. The van der Waals surface area contributed by atoms with Gasteiger partial charge in [-0.1, -0.05) is 0 Å². The first-order valence-electron chi connectivity index (χ1n) is 5.67. The van der Waals surface area contributed by atoms with Crippen molar-refractivity contribution in [3.8, 4) is 11.3 Å². The molecular weight excluding hydrogens is 232 g/mol. The van der Waals surface area contributed by atoms with E-state index in [0.29, 0.717) is 0 Å². The van der Waals surface area contributed by atoms with E-state index in [1.165, 1.54) is 10.6 Å². The molecule has 0 aliphatic rings. The number of rotatable bonds is 2. The van der Waals surface area contributed by atoms with Crippen molar-refractivity contribution >= 4 is 16.3 Å². The van der Waals surface area contributed by atoms with Crippen LogP contribution in [0.2, 0.25) is 0 Å². The normalized spacial score (nSPS) is 11.5. The van der Waals surface area contributed by atoms with Gasteiger partial charge in [0.1, 0.15) is 0 Å². The third-order valence-corrected chi connectivity index (χ3v) is 4.11. The van der Waals surface area contributed by atoms with E-state index < -0.39 is 0 Å². The molecule has 4 nitrogen and oxygen atoms in total. The van der Waals surface area contributed by atoms with Crippen molar-refractivity contribution in [2.45, 2.75) is 27.3 Å². The van der Waals surface area contributed by atoms with Crippen molar-refractivity contribution in [1.29, 1.82) is 0 Å². The third-order valence-electron chi connectivity index (χ3n) is 3.04. The van der Waals surface area contributed by atoms with Crippen molar-refractivity contribution < 1.29 is 0 Å². The largest absolute Gasteiger partial charge is 0.294 e. The number of hydrogen-bond acceptors (Lipinski definition) is 3. The number of aromatic nitrogens is 4. The van der Waals surface area contributed by atoms with Gasteiger partial charge >= 0.3 is 0 Å². The zero-order valence-corrected chi connectivity index (χ0v) is 11.0. The Morgan fingerprint density at radius 2 is 2.12 bits per heavy atom. The maximum absolute atomic E-state index is 4.64. The summed E-state index contributed by atoms with van der Waals surface area (Å²) in [5, 5.41) is 4.28. The van der Waals surface area contributed by atoms with Crippen LogP contribution in [0.25, 0.3) is 16.2 Å². The van der Waals surface area contributed by atoms with E-state index in [4.69, 9.17) is 0 Å². The fourth-order valence-electron chi connectivity index (χ4n) is 1.86. The molecule has 0 radical (unpaired) electrons. The summed E-state index contributed by atoms with van der Waals surface area (Å²) in [5.41, 5.74) is 3.35. The van der Waals surface area contributed by atoms with E-state index in [0.717, 1.165) is 22.8 Å². The molecule has 0 aliphatic carbocycles. The molecule has 88 valence electrons. The zero-order valence-electron chi connectivity index (χ0n) is 10.1. The van der Waals surface area contributed by atoms with Crippen LogP contribution in [0.3, 0.4) is 0 Å². The summed E-state index contributed by atoms with van der Waals surface area (Å²) < 4.78 is 4.07. The van der Waals surface area contributed by atoms with Gasteiger partial charge < -0.3 is 0 Å². The van der Waals surface area contributed by atoms with Crippen molar-refractivity contribution in [1.82, 2.24) is 19.2 Å². The summed E-state index contributed by atoms with van der Waals surface area (Å²) in [5.74, 6) is 0. The highest BCUT2D eigenvalue weighted by Crippen LogP contribution is 2.26. The average Bonchev–Trinajstić information content (AvgIpc) is 2.97. The van der Waals surface area contributed by atoms with Crippen LogP contribution in [0.1, 0.15) is 17.5 Å². The Kier molecular flexibility index (Phi) is 2.29. The van der Waals surface area contributed by atoms with E-state index >= 15 is 0 Å². The van der Waals surface area contributed by atoms with Crippen LogP contribution in [0.4, 0.5) is 0 Å². The van der Waals surface area contributed by atoms with Gasteiger partial charge in [0.15, 0.2) is 4.96 Å². The van der Waals surface area contributed by atoms with E-state index in [1.807, 2.05) is 17.1 Å². The Bertz CT molecular complexity index is 674. The van der Waals surface area contributed by atoms with E-state index in [1.54, 1.807) is 11.3 Å². The van der Waals surface area contributed by atoms with Crippen LogP contribution < -0.4 is 0 Å². The molecule has 0 saturated carbocycles. The molecule has 0 fully saturated rings. The first-order valence-corrected chi connectivity index (χ1v) is 6.48. The lowest BCUT2D eigenvalue weighted by Crippen LogP contribution is -1.91. The highest BCUT2D eigenvalue weighted by molar-refractivity contribution is 7.17. The average molecular weight is 246 g/mol. The minimum atomic E-state index is 0.889. The summed E-state index contributed by atoms with van der Waals surface area (Å²) in [6, 6.07) is 0. The molecule has 3 aromatic rings. The molecule has 3 heterocycles. The van der Waals surface area contributed by atoms with E-state index in [9.17, 15) is 0 Å². The zero-order chi connectivity index (χ0) is 12.0. The van der Waals surface area contributed by atoms with Crippen molar-refractivity contribution in [3.63, 3.8) is 0 Å².